The number of carboxylic acids is 1. The van der Waals surface area contributed by atoms with Crippen molar-refractivity contribution in [2.24, 2.45) is 0 Å². The van der Waals surface area contributed by atoms with Gasteiger partial charge in [-0.2, -0.15) is 0 Å². The van der Waals surface area contributed by atoms with Crippen LogP contribution in [0, 0.1) is 0 Å². The molecule has 2 N–H and O–H groups in total. The van der Waals surface area contributed by atoms with Crippen LogP contribution in [0.5, 0.6) is 0 Å². The lowest BCUT2D eigenvalue weighted by molar-refractivity contribution is -0.116. The summed E-state index contributed by atoms with van der Waals surface area (Å²) in [6.45, 7) is 4.74. The Morgan fingerprint density at radius 3 is 2.68 bits per heavy atom. The molecule has 0 spiro atoms. The number of carbonyl (C=O) groups excluding carboxylic acids is 1. The van der Waals surface area contributed by atoms with Crippen LogP contribution in [0.1, 0.15) is 36.5 Å². The van der Waals surface area contributed by atoms with E-state index >= 15 is 0 Å². The summed E-state index contributed by atoms with van der Waals surface area (Å²) in [6.07, 6.45) is 2.20. The molecule has 0 atom stereocenters. The molecule has 1 aromatic rings. The third-order valence-electron chi connectivity index (χ3n) is 3.63. The van der Waals surface area contributed by atoms with Gasteiger partial charge < -0.3 is 20.1 Å². The SMILES string of the molecule is CCCCC(=O)Nc1cc(C(=O)O)ccc1N1CCOCC1. The zero-order valence-electron chi connectivity index (χ0n) is 12.8. The number of hydrogen-bond donors (Lipinski definition) is 2. The van der Waals surface area contributed by atoms with Gasteiger partial charge in [-0.05, 0) is 24.6 Å². The Bertz CT molecular complexity index is 539. The highest BCUT2D eigenvalue weighted by atomic mass is 16.5. The third kappa shape index (κ3) is 4.21. The van der Waals surface area contributed by atoms with Crippen LogP contribution in [-0.2, 0) is 9.53 Å². The van der Waals surface area contributed by atoms with Gasteiger partial charge in [0.1, 0.15) is 0 Å². The van der Waals surface area contributed by atoms with E-state index in [4.69, 9.17) is 9.84 Å². The fraction of sp³-hybridized carbons (Fsp3) is 0.500. The fourth-order valence-corrected chi connectivity index (χ4v) is 2.40. The van der Waals surface area contributed by atoms with E-state index in [1.54, 1.807) is 12.1 Å². The van der Waals surface area contributed by atoms with E-state index in [1.807, 2.05) is 6.92 Å². The number of anilines is 2. The van der Waals surface area contributed by atoms with E-state index in [0.29, 0.717) is 25.3 Å². The highest BCUT2D eigenvalue weighted by Crippen LogP contribution is 2.28. The van der Waals surface area contributed by atoms with E-state index < -0.39 is 5.97 Å². The minimum Gasteiger partial charge on any atom is -0.478 e. The normalized spacial score (nSPS) is 14.7. The van der Waals surface area contributed by atoms with Gasteiger partial charge in [0, 0.05) is 19.5 Å². The summed E-state index contributed by atoms with van der Waals surface area (Å²) in [7, 11) is 0. The maximum absolute atomic E-state index is 12.0. The monoisotopic (exact) mass is 306 g/mol. The third-order valence-corrected chi connectivity index (χ3v) is 3.63. The zero-order valence-corrected chi connectivity index (χ0v) is 12.8. The molecule has 1 fully saturated rings. The number of nitrogens with zero attached hydrogens (tertiary/aromatic N) is 1. The fourth-order valence-electron chi connectivity index (χ4n) is 2.40. The average Bonchev–Trinajstić information content (AvgIpc) is 2.53. The Morgan fingerprint density at radius 1 is 1.32 bits per heavy atom. The van der Waals surface area contributed by atoms with Crippen molar-refractivity contribution < 1.29 is 19.4 Å². The van der Waals surface area contributed by atoms with Crippen molar-refractivity contribution in [1.29, 1.82) is 0 Å². The number of ether oxygens (including phenoxy) is 1. The van der Waals surface area contributed by atoms with Crippen LogP contribution in [0.4, 0.5) is 11.4 Å². The summed E-state index contributed by atoms with van der Waals surface area (Å²) in [4.78, 5) is 25.2. The van der Waals surface area contributed by atoms with Crippen molar-refractivity contribution in [1.82, 2.24) is 0 Å². The number of rotatable bonds is 6. The molecule has 1 saturated heterocycles. The van der Waals surface area contributed by atoms with Gasteiger partial charge in [0.05, 0.1) is 30.2 Å². The van der Waals surface area contributed by atoms with Crippen LogP contribution in [0.25, 0.3) is 0 Å². The van der Waals surface area contributed by atoms with Gasteiger partial charge in [-0.25, -0.2) is 4.79 Å². The van der Waals surface area contributed by atoms with Crippen molar-refractivity contribution in [3.05, 3.63) is 23.8 Å². The van der Waals surface area contributed by atoms with Gasteiger partial charge >= 0.3 is 5.97 Å². The van der Waals surface area contributed by atoms with Gasteiger partial charge in [-0.15, -0.1) is 0 Å². The Morgan fingerprint density at radius 2 is 2.05 bits per heavy atom. The maximum Gasteiger partial charge on any atom is 0.335 e. The van der Waals surface area contributed by atoms with Gasteiger partial charge in [0.2, 0.25) is 5.91 Å². The molecule has 6 heteroatoms. The topological polar surface area (TPSA) is 78.9 Å². The van der Waals surface area contributed by atoms with Crippen molar-refractivity contribution in [2.75, 3.05) is 36.5 Å². The number of nitrogens with one attached hydrogen (secondary N) is 1. The molecule has 0 saturated carbocycles. The number of morpholine rings is 1. The molecule has 0 unspecified atom stereocenters. The molecule has 0 aliphatic carbocycles. The van der Waals surface area contributed by atoms with E-state index in [1.165, 1.54) is 6.07 Å². The standard InChI is InChI=1S/C16H22N2O4/c1-2-3-4-15(19)17-13-11-12(16(20)21)5-6-14(13)18-7-9-22-10-8-18/h5-6,11H,2-4,7-10H2,1H3,(H,17,19)(H,20,21). The molecule has 0 aromatic heterocycles. The zero-order chi connectivity index (χ0) is 15.9. The molecule has 120 valence electrons. The Labute approximate surface area is 130 Å². The van der Waals surface area contributed by atoms with Crippen molar-refractivity contribution in [3.8, 4) is 0 Å². The van der Waals surface area contributed by atoms with E-state index in [2.05, 4.69) is 10.2 Å². The summed E-state index contributed by atoms with van der Waals surface area (Å²) in [5, 5.41) is 12.0. The first-order chi connectivity index (χ1) is 10.6. The number of hydrogen-bond acceptors (Lipinski definition) is 4. The van der Waals surface area contributed by atoms with Crippen LogP contribution in [0.15, 0.2) is 18.2 Å². The Kier molecular flexibility index (Phi) is 5.77. The molecular formula is C16H22N2O4. The molecule has 6 nitrogen and oxygen atoms in total. The van der Waals surface area contributed by atoms with E-state index in [9.17, 15) is 9.59 Å². The molecule has 1 aliphatic heterocycles. The highest BCUT2D eigenvalue weighted by Gasteiger charge is 2.18. The van der Waals surface area contributed by atoms with Crippen LogP contribution < -0.4 is 10.2 Å². The lowest BCUT2D eigenvalue weighted by atomic mass is 10.1. The van der Waals surface area contributed by atoms with Crippen LogP contribution in [0.2, 0.25) is 0 Å². The first-order valence-corrected chi connectivity index (χ1v) is 7.61. The predicted molar refractivity (Wildman–Crippen MR) is 84.6 cm³/mol. The minimum absolute atomic E-state index is 0.0844. The van der Waals surface area contributed by atoms with Gasteiger partial charge in [-0.3, -0.25) is 4.79 Å². The lowest BCUT2D eigenvalue weighted by Gasteiger charge is -2.30. The summed E-state index contributed by atoms with van der Waals surface area (Å²) in [5.41, 5.74) is 1.57. The predicted octanol–water partition coefficient (Wildman–Crippen LogP) is 2.35. The second-order valence-corrected chi connectivity index (χ2v) is 5.29. The molecule has 1 aromatic carbocycles. The number of unbranched alkanes of at least 4 members (excludes halogenated alkanes) is 1. The quantitative estimate of drug-likeness (QED) is 0.843. The Balaban J connectivity index is 2.23. The minimum atomic E-state index is -1.00. The molecule has 1 aliphatic rings. The number of carbonyl (C=O) groups is 2. The number of amides is 1. The molecule has 1 heterocycles. The number of aromatic carboxylic acids is 1. The van der Waals surface area contributed by atoms with E-state index in [-0.39, 0.29) is 11.5 Å². The lowest BCUT2D eigenvalue weighted by Crippen LogP contribution is -2.36. The molecular weight excluding hydrogens is 284 g/mol. The first-order valence-electron chi connectivity index (χ1n) is 7.61. The smallest absolute Gasteiger partial charge is 0.335 e. The second kappa shape index (κ2) is 7.79. The van der Waals surface area contributed by atoms with Crippen LogP contribution in [-0.4, -0.2) is 43.3 Å². The summed E-state index contributed by atoms with van der Waals surface area (Å²) in [5.74, 6) is -1.09. The first kappa shape index (κ1) is 16.3. The summed E-state index contributed by atoms with van der Waals surface area (Å²) < 4.78 is 5.33. The molecule has 0 bridgehead atoms. The maximum atomic E-state index is 12.0. The molecule has 22 heavy (non-hydrogen) atoms. The van der Waals surface area contributed by atoms with Crippen molar-refractivity contribution in [2.45, 2.75) is 26.2 Å². The summed E-state index contributed by atoms with van der Waals surface area (Å²) >= 11 is 0. The number of carboxylic acid groups (broad SMARTS) is 1. The van der Waals surface area contributed by atoms with Crippen LogP contribution in [0.3, 0.4) is 0 Å². The Hall–Kier alpha value is -2.08. The average molecular weight is 306 g/mol. The summed E-state index contributed by atoms with van der Waals surface area (Å²) in [6, 6.07) is 4.84. The molecule has 1 amide bonds. The van der Waals surface area contributed by atoms with Gasteiger partial charge in [0.15, 0.2) is 0 Å². The second-order valence-electron chi connectivity index (χ2n) is 5.29. The van der Waals surface area contributed by atoms with Gasteiger partial charge in [-0.1, -0.05) is 13.3 Å². The van der Waals surface area contributed by atoms with Crippen LogP contribution >= 0.6 is 0 Å². The van der Waals surface area contributed by atoms with Gasteiger partial charge in [0.25, 0.3) is 0 Å². The van der Waals surface area contributed by atoms with Crippen molar-refractivity contribution in [3.63, 3.8) is 0 Å². The highest BCUT2D eigenvalue weighted by molar-refractivity contribution is 5.97. The number of benzene rings is 1. The van der Waals surface area contributed by atoms with E-state index in [0.717, 1.165) is 31.6 Å². The van der Waals surface area contributed by atoms with Crippen molar-refractivity contribution >= 4 is 23.3 Å². The molecule has 0 radical (unpaired) electrons. The largest absolute Gasteiger partial charge is 0.478 e. The molecule has 2 rings (SSSR count).